The number of carbonyl (C=O) groups is 5. The van der Waals surface area contributed by atoms with Crippen LogP contribution in [0.25, 0.3) is 0 Å². The number of furan rings is 1. The molecule has 190 valence electrons. The second-order valence-corrected chi connectivity index (χ2v) is 8.09. The molecule has 0 bridgehead atoms. The van der Waals surface area contributed by atoms with Crippen LogP contribution in [0.4, 0.5) is 5.69 Å². The molecule has 1 fully saturated rings. The summed E-state index contributed by atoms with van der Waals surface area (Å²) in [4.78, 5) is 62.6. The van der Waals surface area contributed by atoms with Gasteiger partial charge in [-0.05, 0) is 67.6 Å². The second-order valence-electron chi connectivity index (χ2n) is 8.09. The Kier molecular flexibility index (Phi) is 7.77. The fourth-order valence-electron chi connectivity index (χ4n) is 3.71. The lowest BCUT2D eigenvalue weighted by Crippen LogP contribution is -2.27. The van der Waals surface area contributed by atoms with Gasteiger partial charge >= 0.3 is 17.9 Å². The summed E-state index contributed by atoms with van der Waals surface area (Å²) in [5.74, 6) is -2.97. The first-order valence-corrected chi connectivity index (χ1v) is 11.5. The van der Waals surface area contributed by atoms with Gasteiger partial charge in [-0.25, -0.2) is 9.59 Å². The highest BCUT2D eigenvalue weighted by Crippen LogP contribution is 2.26. The molecule has 0 unspecified atom stereocenters. The molecular weight excluding hydrogens is 482 g/mol. The molecule has 0 radical (unpaired) electrons. The van der Waals surface area contributed by atoms with Crippen LogP contribution in [-0.4, -0.2) is 49.4 Å². The van der Waals surface area contributed by atoms with Crippen LogP contribution in [0.3, 0.4) is 0 Å². The van der Waals surface area contributed by atoms with Gasteiger partial charge in [0.15, 0.2) is 12.4 Å². The van der Waals surface area contributed by atoms with Crippen LogP contribution in [0.15, 0.2) is 71.3 Å². The first-order chi connectivity index (χ1) is 17.9. The predicted molar refractivity (Wildman–Crippen MR) is 128 cm³/mol. The molecule has 0 aliphatic carbocycles. The van der Waals surface area contributed by atoms with Crippen molar-refractivity contribution in [3.63, 3.8) is 0 Å². The van der Waals surface area contributed by atoms with E-state index >= 15 is 0 Å². The minimum Gasteiger partial charge on any atom is -0.462 e. The summed E-state index contributed by atoms with van der Waals surface area (Å²) in [5, 5.41) is 0. The zero-order valence-corrected chi connectivity index (χ0v) is 19.9. The van der Waals surface area contributed by atoms with Gasteiger partial charge in [-0.15, -0.1) is 0 Å². The first-order valence-electron chi connectivity index (χ1n) is 11.5. The molecule has 0 spiro atoms. The minimum absolute atomic E-state index is 0.0460. The zero-order valence-electron chi connectivity index (χ0n) is 19.9. The number of nitrogens with zero attached hydrogens (tertiary/aromatic N) is 1. The topological polar surface area (TPSA) is 129 Å². The van der Waals surface area contributed by atoms with Crippen molar-refractivity contribution in [2.45, 2.75) is 13.3 Å². The van der Waals surface area contributed by atoms with Crippen LogP contribution in [0, 0.1) is 5.92 Å². The Hall–Kier alpha value is -4.73. The Morgan fingerprint density at radius 1 is 0.919 bits per heavy atom. The third-order valence-corrected chi connectivity index (χ3v) is 5.60. The Morgan fingerprint density at radius 2 is 1.62 bits per heavy atom. The van der Waals surface area contributed by atoms with Crippen molar-refractivity contribution in [1.82, 2.24) is 0 Å². The third-order valence-electron chi connectivity index (χ3n) is 5.60. The van der Waals surface area contributed by atoms with Gasteiger partial charge < -0.3 is 23.5 Å². The van der Waals surface area contributed by atoms with Crippen LogP contribution in [0.1, 0.15) is 44.6 Å². The van der Waals surface area contributed by atoms with Gasteiger partial charge in [0.2, 0.25) is 11.7 Å². The number of esters is 3. The van der Waals surface area contributed by atoms with E-state index in [0.717, 1.165) is 0 Å². The predicted octanol–water partition coefficient (Wildman–Crippen LogP) is 3.45. The maximum Gasteiger partial charge on any atom is 0.379 e. The number of benzene rings is 2. The number of carbonyl (C=O) groups excluding carboxylic acids is 5. The number of ketones is 1. The van der Waals surface area contributed by atoms with Crippen LogP contribution < -0.4 is 9.64 Å². The smallest absolute Gasteiger partial charge is 0.379 e. The van der Waals surface area contributed by atoms with Crippen LogP contribution in [0.2, 0.25) is 0 Å². The van der Waals surface area contributed by atoms with Crippen LogP contribution in [0.5, 0.6) is 5.75 Å². The van der Waals surface area contributed by atoms with Crippen molar-refractivity contribution in [3.05, 3.63) is 83.8 Å². The summed E-state index contributed by atoms with van der Waals surface area (Å²) in [5.41, 5.74) is 1.16. The van der Waals surface area contributed by atoms with Crippen molar-refractivity contribution in [2.24, 2.45) is 5.92 Å². The minimum atomic E-state index is -0.728. The molecule has 10 nitrogen and oxygen atoms in total. The van der Waals surface area contributed by atoms with Gasteiger partial charge in [0, 0.05) is 24.2 Å². The lowest BCUT2D eigenvalue weighted by atomic mass is 10.1. The molecule has 2 heterocycles. The summed E-state index contributed by atoms with van der Waals surface area (Å²) in [6.45, 7) is 1.56. The van der Waals surface area contributed by atoms with Gasteiger partial charge in [0.05, 0.1) is 24.4 Å². The summed E-state index contributed by atoms with van der Waals surface area (Å²) in [7, 11) is 0. The van der Waals surface area contributed by atoms with Crippen LogP contribution >= 0.6 is 0 Å². The molecular formula is C27H23NO9. The monoisotopic (exact) mass is 505 g/mol. The van der Waals surface area contributed by atoms with Crippen molar-refractivity contribution in [2.75, 3.05) is 24.7 Å². The fourth-order valence-corrected chi connectivity index (χ4v) is 3.71. The maximum atomic E-state index is 12.5. The maximum absolute atomic E-state index is 12.5. The largest absolute Gasteiger partial charge is 0.462 e. The van der Waals surface area contributed by atoms with Crippen molar-refractivity contribution in [1.29, 1.82) is 0 Å². The second kappa shape index (κ2) is 11.3. The average molecular weight is 505 g/mol. The van der Waals surface area contributed by atoms with E-state index in [1.54, 1.807) is 37.3 Å². The Morgan fingerprint density at radius 3 is 2.27 bits per heavy atom. The number of Topliss-reactive ketones (excluding diaryl/α,β-unsaturated/α-hetero) is 1. The van der Waals surface area contributed by atoms with E-state index < -0.39 is 36.2 Å². The lowest BCUT2D eigenvalue weighted by molar-refractivity contribution is -0.147. The average Bonchev–Trinajstić information content (AvgIpc) is 3.58. The number of hydrogen-bond donors (Lipinski definition) is 0. The highest BCUT2D eigenvalue weighted by atomic mass is 16.5. The molecule has 1 aromatic heterocycles. The highest BCUT2D eigenvalue weighted by Gasteiger charge is 2.36. The number of rotatable bonds is 9. The molecule has 1 aliphatic rings. The standard InChI is InChI=1S/C27H23NO9/c1-2-34-25(31)18-5-9-20(10-6-18)28-15-19(14-24(28)30)26(32)36-16-22(29)17-7-11-21(12-8-17)37-27(33)23-4-3-13-35-23/h3-13,19H,2,14-16H2,1H3/t19-/m1/s1. The van der Waals surface area contributed by atoms with Gasteiger partial charge in [0.25, 0.3) is 0 Å². The molecule has 1 saturated heterocycles. The fraction of sp³-hybridized carbons (Fsp3) is 0.222. The molecule has 3 aromatic rings. The number of ether oxygens (including phenoxy) is 3. The Balaban J connectivity index is 1.28. The summed E-state index contributed by atoms with van der Waals surface area (Å²) < 4.78 is 20.2. The molecule has 10 heteroatoms. The number of amides is 1. The zero-order chi connectivity index (χ0) is 26.4. The quantitative estimate of drug-likeness (QED) is 0.244. The van der Waals surface area contributed by atoms with E-state index in [1.807, 2.05) is 0 Å². The van der Waals surface area contributed by atoms with E-state index in [4.69, 9.17) is 18.6 Å². The van der Waals surface area contributed by atoms with Crippen molar-refractivity contribution in [3.8, 4) is 5.75 Å². The van der Waals surface area contributed by atoms with Gasteiger partial charge in [-0.3, -0.25) is 14.4 Å². The van der Waals surface area contributed by atoms with Gasteiger partial charge in [0.1, 0.15) is 5.75 Å². The molecule has 0 saturated carbocycles. The van der Waals surface area contributed by atoms with Crippen molar-refractivity contribution >= 4 is 35.3 Å². The molecule has 1 amide bonds. The van der Waals surface area contributed by atoms with E-state index in [-0.39, 0.29) is 42.6 Å². The molecule has 0 N–H and O–H groups in total. The van der Waals surface area contributed by atoms with Gasteiger partial charge in [-0.2, -0.15) is 0 Å². The SMILES string of the molecule is CCOC(=O)c1ccc(N2C[C@H](C(=O)OCC(=O)c3ccc(OC(=O)c4ccco4)cc3)CC2=O)cc1. The lowest BCUT2D eigenvalue weighted by Gasteiger charge is -2.17. The first kappa shape index (κ1) is 25.4. The normalized spacial score (nSPS) is 14.8. The van der Waals surface area contributed by atoms with E-state index in [1.165, 1.54) is 41.5 Å². The van der Waals surface area contributed by atoms with Gasteiger partial charge in [-0.1, -0.05) is 0 Å². The molecule has 2 aromatic carbocycles. The number of hydrogen-bond acceptors (Lipinski definition) is 9. The Bertz CT molecular complexity index is 1290. The van der Waals surface area contributed by atoms with E-state index in [9.17, 15) is 24.0 Å². The van der Waals surface area contributed by atoms with E-state index in [0.29, 0.717) is 11.3 Å². The third kappa shape index (κ3) is 6.10. The summed E-state index contributed by atoms with van der Waals surface area (Å²) in [6.07, 6.45) is 1.30. The summed E-state index contributed by atoms with van der Waals surface area (Å²) >= 11 is 0. The molecule has 4 rings (SSSR count). The Labute approximate surface area is 211 Å². The highest BCUT2D eigenvalue weighted by molar-refractivity contribution is 6.01. The van der Waals surface area contributed by atoms with Crippen LogP contribution in [-0.2, 0) is 19.1 Å². The molecule has 1 aliphatic heterocycles. The summed E-state index contributed by atoms with van der Waals surface area (Å²) in [6, 6.07) is 15.1. The molecule has 1 atom stereocenters. The number of anilines is 1. The molecule has 37 heavy (non-hydrogen) atoms. The van der Waals surface area contributed by atoms with E-state index in [2.05, 4.69) is 0 Å². The van der Waals surface area contributed by atoms with Crippen molar-refractivity contribution < 1.29 is 42.6 Å².